The van der Waals surface area contributed by atoms with Gasteiger partial charge in [0.25, 0.3) is 5.91 Å². The summed E-state index contributed by atoms with van der Waals surface area (Å²) in [5.74, 6) is -0.679. The first-order valence-corrected chi connectivity index (χ1v) is 10.6. The number of nitrogens with one attached hydrogen (secondary N) is 1. The van der Waals surface area contributed by atoms with Gasteiger partial charge in [-0.3, -0.25) is 14.4 Å². The smallest absolute Gasteiger partial charge is 0.254 e. The fourth-order valence-corrected chi connectivity index (χ4v) is 4.60. The van der Waals surface area contributed by atoms with Crippen molar-refractivity contribution in [3.8, 4) is 0 Å². The second kappa shape index (κ2) is 7.87. The predicted octanol–water partition coefficient (Wildman–Crippen LogP) is 3.68. The topological polar surface area (TPSA) is 69.7 Å². The summed E-state index contributed by atoms with van der Waals surface area (Å²) in [5, 5.41) is 4.76. The number of para-hydroxylation sites is 2. The molecule has 0 saturated carbocycles. The second-order valence-electron chi connectivity index (χ2n) is 8.11. The van der Waals surface area contributed by atoms with Crippen molar-refractivity contribution in [1.82, 2.24) is 4.90 Å². The van der Waals surface area contributed by atoms with Gasteiger partial charge in [-0.05, 0) is 41.8 Å². The van der Waals surface area contributed by atoms with Gasteiger partial charge in [-0.1, -0.05) is 48.5 Å². The molecule has 0 bridgehead atoms. The standard InChI is InChI=1S/C25H23N3O3/c29-23-16-28(22-13-4-3-12-21(22)26-23)24(30)18-9-6-14-27(15-18)25(31)20-11-5-8-17-7-1-2-10-19(17)20/h1-5,7-8,10-13,18H,6,9,14-16H2,(H,26,29). The molecule has 3 amide bonds. The minimum absolute atomic E-state index is 0.00359. The number of rotatable bonds is 2. The molecule has 3 aromatic carbocycles. The summed E-state index contributed by atoms with van der Waals surface area (Å²) in [5.41, 5.74) is 2.02. The summed E-state index contributed by atoms with van der Waals surface area (Å²) < 4.78 is 0. The number of hydrogen-bond donors (Lipinski definition) is 1. The predicted molar refractivity (Wildman–Crippen MR) is 120 cm³/mol. The van der Waals surface area contributed by atoms with Crippen LogP contribution in [0.4, 0.5) is 11.4 Å². The normalized spacial score (nSPS) is 18.5. The lowest BCUT2D eigenvalue weighted by Gasteiger charge is -2.36. The molecule has 5 rings (SSSR count). The summed E-state index contributed by atoms with van der Waals surface area (Å²) in [6.45, 7) is 0.994. The molecule has 2 aliphatic rings. The molecule has 1 atom stereocenters. The van der Waals surface area contributed by atoms with E-state index in [4.69, 9.17) is 0 Å². The third-order valence-electron chi connectivity index (χ3n) is 6.11. The molecule has 0 spiro atoms. The molecule has 1 N–H and O–H groups in total. The lowest BCUT2D eigenvalue weighted by atomic mass is 9.94. The average Bonchev–Trinajstić information content (AvgIpc) is 2.82. The molecule has 2 heterocycles. The van der Waals surface area contributed by atoms with Gasteiger partial charge in [-0.2, -0.15) is 0 Å². The molecule has 0 aromatic heterocycles. The average molecular weight is 413 g/mol. The second-order valence-corrected chi connectivity index (χ2v) is 8.11. The zero-order valence-corrected chi connectivity index (χ0v) is 17.1. The molecule has 156 valence electrons. The van der Waals surface area contributed by atoms with E-state index in [2.05, 4.69) is 5.32 Å². The number of amides is 3. The van der Waals surface area contributed by atoms with Gasteiger partial charge in [0.15, 0.2) is 0 Å². The Labute approximate surface area is 180 Å². The molecule has 0 aliphatic carbocycles. The van der Waals surface area contributed by atoms with Gasteiger partial charge in [0.05, 0.1) is 17.3 Å². The molecular formula is C25H23N3O3. The van der Waals surface area contributed by atoms with Crippen molar-refractivity contribution in [1.29, 1.82) is 0 Å². The van der Waals surface area contributed by atoms with Crippen molar-refractivity contribution in [3.05, 3.63) is 72.3 Å². The first kappa shape index (κ1) is 19.3. The highest BCUT2D eigenvalue weighted by Crippen LogP contribution is 2.32. The van der Waals surface area contributed by atoms with E-state index in [1.54, 1.807) is 15.9 Å². The van der Waals surface area contributed by atoms with Crippen LogP contribution >= 0.6 is 0 Å². The Morgan fingerprint density at radius 1 is 0.935 bits per heavy atom. The number of fused-ring (bicyclic) bond motifs is 2. The van der Waals surface area contributed by atoms with E-state index in [1.807, 2.05) is 60.7 Å². The number of piperidine rings is 1. The van der Waals surface area contributed by atoms with Crippen molar-refractivity contribution in [2.75, 3.05) is 29.9 Å². The van der Waals surface area contributed by atoms with Gasteiger partial charge in [0.1, 0.15) is 6.54 Å². The van der Waals surface area contributed by atoms with E-state index in [9.17, 15) is 14.4 Å². The number of likely N-dealkylation sites (tertiary alicyclic amines) is 1. The van der Waals surface area contributed by atoms with E-state index in [0.29, 0.717) is 36.4 Å². The van der Waals surface area contributed by atoms with E-state index < -0.39 is 0 Å². The summed E-state index contributed by atoms with van der Waals surface area (Å²) in [4.78, 5) is 42.2. The van der Waals surface area contributed by atoms with Crippen molar-refractivity contribution < 1.29 is 14.4 Å². The van der Waals surface area contributed by atoms with Gasteiger partial charge in [-0.25, -0.2) is 0 Å². The van der Waals surface area contributed by atoms with Crippen LogP contribution < -0.4 is 10.2 Å². The summed E-state index contributed by atoms with van der Waals surface area (Å²) in [6, 6.07) is 20.9. The van der Waals surface area contributed by atoms with Gasteiger partial charge in [-0.15, -0.1) is 0 Å². The quantitative estimate of drug-likeness (QED) is 0.697. The highest BCUT2D eigenvalue weighted by Gasteiger charge is 2.35. The van der Waals surface area contributed by atoms with Crippen molar-refractivity contribution >= 4 is 39.9 Å². The third kappa shape index (κ3) is 3.54. The van der Waals surface area contributed by atoms with E-state index >= 15 is 0 Å². The van der Waals surface area contributed by atoms with Crippen molar-refractivity contribution in [3.63, 3.8) is 0 Å². The van der Waals surface area contributed by atoms with E-state index in [-0.39, 0.29) is 30.2 Å². The Morgan fingerprint density at radius 3 is 2.61 bits per heavy atom. The van der Waals surface area contributed by atoms with E-state index in [0.717, 1.165) is 17.2 Å². The maximum atomic E-state index is 13.4. The minimum atomic E-state index is -0.327. The highest BCUT2D eigenvalue weighted by molar-refractivity contribution is 6.11. The number of carbonyl (C=O) groups excluding carboxylic acids is 3. The molecule has 6 nitrogen and oxygen atoms in total. The van der Waals surface area contributed by atoms with Crippen LogP contribution in [0.1, 0.15) is 23.2 Å². The maximum Gasteiger partial charge on any atom is 0.254 e. The Morgan fingerprint density at radius 2 is 1.71 bits per heavy atom. The van der Waals surface area contributed by atoms with Gasteiger partial charge >= 0.3 is 0 Å². The first-order valence-electron chi connectivity index (χ1n) is 10.6. The van der Waals surface area contributed by atoms with Crippen LogP contribution in [0, 0.1) is 5.92 Å². The molecule has 6 heteroatoms. The fourth-order valence-electron chi connectivity index (χ4n) is 4.60. The molecule has 2 aliphatic heterocycles. The minimum Gasteiger partial charge on any atom is -0.338 e. The van der Waals surface area contributed by atoms with Gasteiger partial charge in [0, 0.05) is 18.7 Å². The Kier molecular flexibility index (Phi) is 4.90. The molecule has 1 unspecified atom stereocenters. The molecule has 1 saturated heterocycles. The van der Waals surface area contributed by atoms with Crippen molar-refractivity contribution in [2.45, 2.75) is 12.8 Å². The molecule has 3 aromatic rings. The third-order valence-corrected chi connectivity index (χ3v) is 6.11. The van der Waals surface area contributed by atoms with E-state index in [1.165, 1.54) is 0 Å². The number of hydrogen-bond acceptors (Lipinski definition) is 3. The van der Waals surface area contributed by atoms with Crippen molar-refractivity contribution in [2.24, 2.45) is 5.92 Å². The Bertz CT molecular complexity index is 1180. The van der Waals surface area contributed by atoms with Crippen LogP contribution in [0.15, 0.2) is 66.7 Å². The monoisotopic (exact) mass is 413 g/mol. The molecule has 1 fully saturated rings. The Hall–Kier alpha value is -3.67. The first-order chi connectivity index (χ1) is 15.1. The van der Waals surface area contributed by atoms with Crippen LogP contribution in [-0.4, -0.2) is 42.3 Å². The number of nitrogens with zero attached hydrogens (tertiary/aromatic N) is 2. The summed E-state index contributed by atoms with van der Waals surface area (Å²) >= 11 is 0. The van der Waals surface area contributed by atoms with Crippen LogP contribution in [0.5, 0.6) is 0 Å². The van der Waals surface area contributed by atoms with Crippen LogP contribution in [0.3, 0.4) is 0 Å². The summed E-state index contributed by atoms with van der Waals surface area (Å²) in [7, 11) is 0. The lowest BCUT2D eigenvalue weighted by Crippen LogP contribution is -2.50. The fraction of sp³-hybridized carbons (Fsp3) is 0.240. The van der Waals surface area contributed by atoms with Crippen LogP contribution in [-0.2, 0) is 9.59 Å². The zero-order chi connectivity index (χ0) is 21.4. The molecular weight excluding hydrogens is 390 g/mol. The molecule has 31 heavy (non-hydrogen) atoms. The number of carbonyl (C=O) groups is 3. The number of anilines is 2. The highest BCUT2D eigenvalue weighted by atomic mass is 16.2. The summed E-state index contributed by atoms with van der Waals surface area (Å²) in [6.07, 6.45) is 1.47. The van der Waals surface area contributed by atoms with Gasteiger partial charge < -0.3 is 15.1 Å². The number of benzene rings is 3. The lowest BCUT2D eigenvalue weighted by molar-refractivity contribution is -0.125. The van der Waals surface area contributed by atoms with Crippen LogP contribution in [0.2, 0.25) is 0 Å². The zero-order valence-electron chi connectivity index (χ0n) is 17.1. The van der Waals surface area contributed by atoms with Gasteiger partial charge in [0.2, 0.25) is 11.8 Å². The maximum absolute atomic E-state index is 13.4. The SMILES string of the molecule is O=C1CN(C(=O)C2CCCN(C(=O)c3cccc4ccccc34)C2)c2ccccc2N1. The van der Waals surface area contributed by atoms with Crippen LogP contribution in [0.25, 0.3) is 10.8 Å². The molecule has 0 radical (unpaired) electrons. The Balaban J connectivity index is 1.39. The largest absolute Gasteiger partial charge is 0.338 e.